The second kappa shape index (κ2) is 11.8. The molecule has 2 rings (SSSR count). The zero-order valence-electron chi connectivity index (χ0n) is 22.5. The summed E-state index contributed by atoms with van der Waals surface area (Å²) in [6.45, 7) is 26.0. The molecule has 37 heavy (non-hydrogen) atoms. The Hall–Kier alpha value is -3.34. The molecule has 8 nitrogen and oxygen atoms in total. The van der Waals surface area contributed by atoms with Gasteiger partial charge in [-0.2, -0.15) is 0 Å². The van der Waals surface area contributed by atoms with Gasteiger partial charge in [0.1, 0.15) is 11.5 Å². The van der Waals surface area contributed by atoms with Crippen molar-refractivity contribution in [3.8, 4) is 11.5 Å². The molecular weight excluding hydrogens is 506 g/mol. The third-order valence-electron chi connectivity index (χ3n) is 4.97. The standard InChI is InChI=1S/C27H38N4O4P2/c1-19(2)28-36(32,29-20(3)4)34-25-15-11-23(12-16-25)27(9,10)24-13-17-26(18-14-24)35-37(33,30-21(5)6)31-22(7)8/h11-18H,1,3,5,7H2,2,4,6,8-10H3,(H2,28,29,32)(H2,30,31,33). The molecule has 0 radical (unpaired) electrons. The van der Waals surface area contributed by atoms with Gasteiger partial charge in [0, 0.05) is 28.2 Å². The van der Waals surface area contributed by atoms with Gasteiger partial charge < -0.3 is 9.05 Å². The highest BCUT2D eigenvalue weighted by Crippen LogP contribution is 2.43. The molecule has 2 aromatic rings. The molecule has 0 heterocycles. The summed E-state index contributed by atoms with van der Waals surface area (Å²) in [7, 11) is -6.93. The van der Waals surface area contributed by atoms with E-state index < -0.39 is 15.3 Å². The van der Waals surface area contributed by atoms with Crippen molar-refractivity contribution in [1.29, 1.82) is 0 Å². The van der Waals surface area contributed by atoms with E-state index in [0.717, 1.165) is 11.1 Å². The Morgan fingerprint density at radius 1 is 0.595 bits per heavy atom. The first-order valence-corrected chi connectivity index (χ1v) is 14.8. The summed E-state index contributed by atoms with van der Waals surface area (Å²) in [5.41, 5.74) is 3.68. The minimum absolute atomic E-state index is 0.373. The fourth-order valence-corrected chi connectivity index (χ4v) is 6.62. The van der Waals surface area contributed by atoms with Crippen LogP contribution in [-0.4, -0.2) is 0 Å². The van der Waals surface area contributed by atoms with Gasteiger partial charge in [0.15, 0.2) is 0 Å². The summed E-state index contributed by atoms with van der Waals surface area (Å²) in [5.74, 6) is 0.861. The van der Waals surface area contributed by atoms with Crippen molar-refractivity contribution in [3.05, 3.63) is 109 Å². The Labute approximate surface area is 221 Å². The number of benzene rings is 2. The predicted molar refractivity (Wildman–Crippen MR) is 153 cm³/mol. The van der Waals surface area contributed by atoms with Crippen molar-refractivity contribution in [2.24, 2.45) is 0 Å². The van der Waals surface area contributed by atoms with Crippen molar-refractivity contribution in [2.75, 3.05) is 0 Å². The quantitative estimate of drug-likeness (QED) is 0.182. The lowest BCUT2D eigenvalue weighted by atomic mass is 9.78. The fourth-order valence-electron chi connectivity index (χ4n) is 3.48. The van der Waals surface area contributed by atoms with Crippen LogP contribution in [-0.2, 0) is 14.5 Å². The Kier molecular flexibility index (Phi) is 9.54. The lowest BCUT2D eigenvalue weighted by Crippen LogP contribution is -2.23. The third-order valence-corrected chi connectivity index (χ3v) is 8.61. The van der Waals surface area contributed by atoms with E-state index in [2.05, 4.69) is 60.5 Å². The average molecular weight is 545 g/mol. The molecule has 4 N–H and O–H groups in total. The van der Waals surface area contributed by atoms with Crippen LogP contribution in [0, 0.1) is 0 Å². The van der Waals surface area contributed by atoms with E-state index in [4.69, 9.17) is 9.05 Å². The van der Waals surface area contributed by atoms with E-state index in [0.29, 0.717) is 34.3 Å². The van der Waals surface area contributed by atoms with E-state index in [-0.39, 0.29) is 5.41 Å². The Bertz CT molecular complexity index is 1130. The van der Waals surface area contributed by atoms with Crippen LogP contribution in [0.2, 0.25) is 0 Å². The molecule has 0 aliphatic rings. The average Bonchev–Trinajstić information content (AvgIpc) is 2.71. The second-order valence-electron chi connectivity index (χ2n) is 9.53. The van der Waals surface area contributed by atoms with Crippen LogP contribution in [0.4, 0.5) is 0 Å². The van der Waals surface area contributed by atoms with Crippen LogP contribution in [0.25, 0.3) is 0 Å². The number of allylic oxidation sites excluding steroid dienone is 4. The summed E-state index contributed by atoms with van der Waals surface area (Å²) in [6, 6.07) is 14.8. The number of hydrogen-bond acceptors (Lipinski definition) is 4. The molecule has 0 amide bonds. The summed E-state index contributed by atoms with van der Waals surface area (Å²) in [4.78, 5) is 0. The highest BCUT2D eigenvalue weighted by Gasteiger charge is 2.28. The van der Waals surface area contributed by atoms with Gasteiger partial charge in [-0.05, 0) is 63.1 Å². The van der Waals surface area contributed by atoms with E-state index in [9.17, 15) is 9.13 Å². The van der Waals surface area contributed by atoms with Crippen molar-refractivity contribution < 1.29 is 18.2 Å². The van der Waals surface area contributed by atoms with Gasteiger partial charge in [0.25, 0.3) is 0 Å². The first-order chi connectivity index (χ1) is 17.0. The van der Waals surface area contributed by atoms with Crippen molar-refractivity contribution >= 4 is 15.3 Å². The van der Waals surface area contributed by atoms with E-state index in [1.165, 1.54) is 0 Å². The van der Waals surface area contributed by atoms with Gasteiger partial charge in [-0.15, -0.1) is 0 Å². The molecular formula is C27H38N4O4P2. The van der Waals surface area contributed by atoms with Crippen LogP contribution in [0.5, 0.6) is 11.5 Å². The molecule has 0 aromatic heterocycles. The minimum atomic E-state index is -3.47. The normalized spacial score (nSPS) is 11.6. The zero-order valence-corrected chi connectivity index (χ0v) is 24.3. The van der Waals surface area contributed by atoms with Crippen LogP contribution in [0.1, 0.15) is 52.7 Å². The first kappa shape index (κ1) is 29.9. The summed E-state index contributed by atoms with van der Waals surface area (Å²) in [5, 5.41) is 11.1. The first-order valence-electron chi connectivity index (χ1n) is 11.6. The Morgan fingerprint density at radius 2 is 0.838 bits per heavy atom. The van der Waals surface area contributed by atoms with Gasteiger partial charge >= 0.3 is 15.3 Å². The highest BCUT2D eigenvalue weighted by atomic mass is 31.2. The van der Waals surface area contributed by atoms with Gasteiger partial charge in [0.05, 0.1) is 0 Å². The summed E-state index contributed by atoms with van der Waals surface area (Å²) < 4.78 is 37.8. The summed E-state index contributed by atoms with van der Waals surface area (Å²) >= 11 is 0. The number of nitrogens with one attached hydrogen (secondary N) is 4. The zero-order chi connectivity index (χ0) is 28.0. The van der Waals surface area contributed by atoms with Crippen molar-refractivity contribution in [2.45, 2.75) is 47.0 Å². The van der Waals surface area contributed by atoms with Crippen LogP contribution in [0.15, 0.2) is 97.6 Å². The van der Waals surface area contributed by atoms with E-state index >= 15 is 0 Å². The molecule has 0 saturated heterocycles. The maximum atomic E-state index is 13.1. The summed E-state index contributed by atoms with van der Waals surface area (Å²) in [6.07, 6.45) is 0. The molecule has 0 fully saturated rings. The molecule has 10 heteroatoms. The topological polar surface area (TPSA) is 101 Å². The minimum Gasteiger partial charge on any atom is -0.414 e. The number of hydrogen-bond donors (Lipinski definition) is 4. The van der Waals surface area contributed by atoms with Crippen LogP contribution < -0.4 is 29.4 Å². The molecule has 0 aliphatic carbocycles. The maximum absolute atomic E-state index is 13.1. The number of rotatable bonds is 14. The monoisotopic (exact) mass is 544 g/mol. The molecule has 0 aliphatic heterocycles. The molecule has 0 spiro atoms. The molecule has 0 atom stereocenters. The second-order valence-corrected chi connectivity index (χ2v) is 13.0. The van der Waals surface area contributed by atoms with Gasteiger partial charge in [-0.1, -0.05) is 64.4 Å². The van der Waals surface area contributed by atoms with Crippen LogP contribution >= 0.6 is 15.3 Å². The van der Waals surface area contributed by atoms with Crippen molar-refractivity contribution in [3.63, 3.8) is 0 Å². The Balaban J connectivity index is 2.23. The molecule has 0 unspecified atom stereocenters. The van der Waals surface area contributed by atoms with Gasteiger partial charge in [0.2, 0.25) is 0 Å². The fraction of sp³-hybridized carbons (Fsp3) is 0.259. The lowest BCUT2D eigenvalue weighted by molar-refractivity contribution is 0.462. The smallest absolute Gasteiger partial charge is 0.414 e. The third kappa shape index (κ3) is 8.92. The van der Waals surface area contributed by atoms with E-state index in [1.807, 2.05) is 24.3 Å². The lowest BCUT2D eigenvalue weighted by Gasteiger charge is -2.27. The predicted octanol–water partition coefficient (Wildman–Crippen LogP) is 7.48. The largest absolute Gasteiger partial charge is 0.443 e. The van der Waals surface area contributed by atoms with Gasteiger partial charge in [-0.25, -0.2) is 9.13 Å². The van der Waals surface area contributed by atoms with Crippen LogP contribution in [0.3, 0.4) is 0 Å². The van der Waals surface area contributed by atoms with Crippen molar-refractivity contribution in [1.82, 2.24) is 20.3 Å². The maximum Gasteiger partial charge on any atom is 0.443 e. The SMILES string of the molecule is C=C(C)NP(=O)(NC(=C)C)Oc1ccc(C(C)(C)c2ccc(OP(=O)(NC(=C)C)NC(=C)C)cc2)cc1. The molecule has 0 bridgehead atoms. The Morgan fingerprint density at radius 3 is 1.05 bits per heavy atom. The molecule has 200 valence electrons. The highest BCUT2D eigenvalue weighted by molar-refractivity contribution is 7.55. The van der Waals surface area contributed by atoms with E-state index in [1.54, 1.807) is 52.0 Å². The molecule has 0 saturated carbocycles. The molecule has 2 aromatic carbocycles. The van der Waals surface area contributed by atoms with Gasteiger partial charge in [-0.3, -0.25) is 20.3 Å².